The summed E-state index contributed by atoms with van der Waals surface area (Å²) in [6, 6.07) is 0. The van der Waals surface area contributed by atoms with Crippen molar-refractivity contribution in [2.45, 2.75) is 64.1 Å². The maximum Gasteiger partial charge on any atom is 0.477 e. The largest absolute Gasteiger partial charge is 0.477 e. The van der Waals surface area contributed by atoms with Crippen molar-refractivity contribution in [3.8, 4) is 0 Å². The van der Waals surface area contributed by atoms with Gasteiger partial charge in [-0.05, 0) is 26.7 Å². The van der Waals surface area contributed by atoms with Crippen LogP contribution in [0.4, 0.5) is 0 Å². The Balaban J connectivity index is 1.91. The van der Waals surface area contributed by atoms with Gasteiger partial charge in [0.1, 0.15) is 6.10 Å². The predicted octanol–water partition coefficient (Wildman–Crippen LogP) is 2.58. The average Bonchev–Trinajstić information content (AvgIpc) is 2.84. The molecule has 1 aliphatic heterocycles. The third kappa shape index (κ3) is 4.48. The summed E-state index contributed by atoms with van der Waals surface area (Å²) < 4.78 is 38.8. The quantitative estimate of drug-likeness (QED) is 0.569. The number of aliphatic hydroxyl groups excluding tert-OH is 1. The smallest absolute Gasteiger partial charge is 0.365 e. The molecule has 1 N–H and O–H groups in total. The molecule has 1 heterocycles. The van der Waals surface area contributed by atoms with Crippen molar-refractivity contribution >= 4 is 7.82 Å². The average molecular weight is 324 g/mol. The summed E-state index contributed by atoms with van der Waals surface area (Å²) in [5.74, 6) is -0.617. The molecular formula is C13H25O7P. The van der Waals surface area contributed by atoms with Gasteiger partial charge in [0.2, 0.25) is 0 Å². The Hall–Kier alpha value is -0.0100. The summed E-state index contributed by atoms with van der Waals surface area (Å²) in [4.78, 5) is 0. The molecule has 0 radical (unpaired) electrons. The van der Waals surface area contributed by atoms with Crippen molar-refractivity contribution < 1.29 is 32.7 Å². The highest BCUT2D eigenvalue weighted by Crippen LogP contribution is 2.51. The highest BCUT2D eigenvalue weighted by atomic mass is 31.2. The molecule has 21 heavy (non-hydrogen) atoms. The van der Waals surface area contributed by atoms with Gasteiger partial charge in [-0.2, -0.15) is 0 Å². The zero-order valence-corrected chi connectivity index (χ0v) is 13.5. The SMILES string of the molecule is CCOP(=O)(OCC)O[C@@H](O)[C@H]1COC2(CCCCC2)O1. The molecule has 124 valence electrons. The molecule has 0 aromatic rings. The molecule has 0 unspecified atom stereocenters. The normalized spacial score (nSPS) is 27.1. The molecule has 1 saturated heterocycles. The summed E-state index contributed by atoms with van der Waals surface area (Å²) in [7, 11) is -3.77. The van der Waals surface area contributed by atoms with Crippen LogP contribution >= 0.6 is 7.82 Å². The first kappa shape index (κ1) is 17.3. The van der Waals surface area contributed by atoms with E-state index in [2.05, 4.69) is 0 Å². The summed E-state index contributed by atoms with van der Waals surface area (Å²) in [5, 5.41) is 10.1. The number of phosphoric ester groups is 1. The van der Waals surface area contributed by atoms with E-state index < -0.39 is 26.0 Å². The van der Waals surface area contributed by atoms with Gasteiger partial charge in [0.05, 0.1) is 19.8 Å². The van der Waals surface area contributed by atoms with Crippen LogP contribution in [0.1, 0.15) is 46.0 Å². The van der Waals surface area contributed by atoms with Gasteiger partial charge in [-0.1, -0.05) is 6.42 Å². The van der Waals surface area contributed by atoms with Crippen LogP contribution in [0.25, 0.3) is 0 Å². The molecule has 0 amide bonds. The zero-order valence-electron chi connectivity index (χ0n) is 12.7. The van der Waals surface area contributed by atoms with Crippen LogP contribution < -0.4 is 0 Å². The summed E-state index contributed by atoms with van der Waals surface area (Å²) in [5.41, 5.74) is 0. The highest BCUT2D eigenvalue weighted by Gasteiger charge is 2.46. The Kier molecular flexibility index (Phi) is 6.20. The van der Waals surface area contributed by atoms with Gasteiger partial charge < -0.3 is 14.6 Å². The number of phosphoric acid groups is 1. The lowest BCUT2D eigenvalue weighted by molar-refractivity contribution is -0.213. The van der Waals surface area contributed by atoms with Gasteiger partial charge in [0, 0.05) is 12.8 Å². The Morgan fingerprint density at radius 3 is 2.43 bits per heavy atom. The Bertz CT molecular complexity index is 360. The third-order valence-corrected chi connectivity index (χ3v) is 5.24. The molecule has 0 aromatic carbocycles. The minimum absolute atomic E-state index is 0.163. The highest BCUT2D eigenvalue weighted by molar-refractivity contribution is 7.48. The van der Waals surface area contributed by atoms with E-state index >= 15 is 0 Å². The molecule has 2 rings (SSSR count). The predicted molar refractivity (Wildman–Crippen MR) is 74.6 cm³/mol. The van der Waals surface area contributed by atoms with Crippen molar-refractivity contribution in [3.05, 3.63) is 0 Å². The first-order valence-electron chi connectivity index (χ1n) is 7.60. The number of rotatable bonds is 7. The Morgan fingerprint density at radius 1 is 1.24 bits per heavy atom. The van der Waals surface area contributed by atoms with Crippen molar-refractivity contribution in [2.75, 3.05) is 19.8 Å². The molecule has 1 spiro atoms. The fourth-order valence-corrected chi connectivity index (χ4v) is 3.91. The minimum Gasteiger partial charge on any atom is -0.365 e. The van der Waals surface area contributed by atoms with E-state index in [1.165, 1.54) is 6.42 Å². The molecule has 7 nitrogen and oxygen atoms in total. The lowest BCUT2D eigenvalue weighted by Gasteiger charge is -2.32. The van der Waals surface area contributed by atoms with Crippen LogP contribution in [0.2, 0.25) is 0 Å². The first-order chi connectivity index (χ1) is 10.0. The van der Waals surface area contributed by atoms with Crippen molar-refractivity contribution in [2.24, 2.45) is 0 Å². The molecule has 0 aromatic heterocycles. The summed E-state index contributed by atoms with van der Waals surface area (Å²) >= 11 is 0. The van der Waals surface area contributed by atoms with Crippen molar-refractivity contribution in [1.82, 2.24) is 0 Å². The number of ether oxygens (including phenoxy) is 2. The zero-order chi connectivity index (χ0) is 15.3. The lowest BCUT2D eigenvalue weighted by atomic mass is 9.94. The second-order valence-corrected chi connectivity index (χ2v) is 6.84. The van der Waals surface area contributed by atoms with E-state index in [9.17, 15) is 9.67 Å². The fourth-order valence-electron chi connectivity index (χ4n) is 2.69. The molecule has 0 bridgehead atoms. The van der Waals surface area contributed by atoms with Crippen LogP contribution in [0.3, 0.4) is 0 Å². The number of aliphatic hydroxyl groups is 1. The van der Waals surface area contributed by atoms with Crippen LogP contribution in [0.5, 0.6) is 0 Å². The second kappa shape index (κ2) is 7.51. The van der Waals surface area contributed by atoms with Gasteiger partial charge in [-0.3, -0.25) is 13.6 Å². The van der Waals surface area contributed by atoms with Gasteiger partial charge in [-0.25, -0.2) is 4.57 Å². The van der Waals surface area contributed by atoms with E-state index in [0.717, 1.165) is 25.7 Å². The maximum absolute atomic E-state index is 12.2. The van der Waals surface area contributed by atoms with E-state index in [4.69, 9.17) is 23.0 Å². The minimum atomic E-state index is -3.77. The summed E-state index contributed by atoms with van der Waals surface area (Å²) in [6.45, 7) is 3.88. The van der Waals surface area contributed by atoms with Crippen molar-refractivity contribution in [3.63, 3.8) is 0 Å². The van der Waals surface area contributed by atoms with E-state index in [0.29, 0.717) is 0 Å². The van der Waals surface area contributed by atoms with Crippen LogP contribution in [0.15, 0.2) is 0 Å². The van der Waals surface area contributed by atoms with E-state index in [1.807, 2.05) is 0 Å². The first-order valence-corrected chi connectivity index (χ1v) is 9.06. The Labute approximate surface area is 125 Å². The topological polar surface area (TPSA) is 83.5 Å². The van der Waals surface area contributed by atoms with E-state index in [-0.39, 0.29) is 19.8 Å². The number of hydrogen-bond donors (Lipinski definition) is 1. The summed E-state index contributed by atoms with van der Waals surface area (Å²) in [6.07, 6.45) is 2.78. The standard InChI is InChI=1S/C13H25O7P/c1-3-17-21(15,18-4-2)20-12(14)11-10-16-13(19-11)8-6-5-7-9-13/h11-12,14H,3-10H2,1-2H3/t11-,12-/m1/s1. The molecule has 2 atom stereocenters. The second-order valence-electron chi connectivity index (χ2n) is 5.22. The van der Waals surface area contributed by atoms with Crippen molar-refractivity contribution in [1.29, 1.82) is 0 Å². The molecule has 8 heteroatoms. The van der Waals surface area contributed by atoms with Crippen LogP contribution in [-0.4, -0.2) is 43.1 Å². The fraction of sp³-hybridized carbons (Fsp3) is 1.00. The van der Waals surface area contributed by atoms with Gasteiger partial charge in [0.25, 0.3) is 0 Å². The third-order valence-electron chi connectivity index (χ3n) is 3.62. The molecular weight excluding hydrogens is 299 g/mol. The molecule has 1 aliphatic carbocycles. The van der Waals surface area contributed by atoms with Crippen LogP contribution in [-0.2, 0) is 27.6 Å². The van der Waals surface area contributed by atoms with Gasteiger partial charge in [-0.15, -0.1) is 0 Å². The maximum atomic E-state index is 12.2. The molecule has 2 fully saturated rings. The monoisotopic (exact) mass is 324 g/mol. The molecule has 1 saturated carbocycles. The van der Waals surface area contributed by atoms with Crippen LogP contribution in [0, 0.1) is 0 Å². The Morgan fingerprint density at radius 2 is 1.86 bits per heavy atom. The molecule has 2 aliphatic rings. The van der Waals surface area contributed by atoms with Gasteiger partial charge >= 0.3 is 7.82 Å². The lowest BCUT2D eigenvalue weighted by Crippen LogP contribution is -2.36. The number of hydrogen-bond acceptors (Lipinski definition) is 7. The van der Waals surface area contributed by atoms with E-state index in [1.54, 1.807) is 13.8 Å². The van der Waals surface area contributed by atoms with Gasteiger partial charge in [0.15, 0.2) is 12.1 Å².